The Labute approximate surface area is 102 Å². The number of aromatic nitrogens is 1. The summed E-state index contributed by atoms with van der Waals surface area (Å²) in [5.74, 6) is 0.447. The molecule has 0 fully saturated rings. The van der Waals surface area contributed by atoms with E-state index in [4.69, 9.17) is 0 Å². The van der Waals surface area contributed by atoms with Crippen LogP contribution in [0.5, 0.6) is 0 Å². The van der Waals surface area contributed by atoms with Gasteiger partial charge in [0, 0.05) is 25.9 Å². The topological polar surface area (TPSA) is 70.2 Å². The first-order valence-electron chi connectivity index (χ1n) is 5.49. The van der Waals surface area contributed by atoms with Crippen molar-refractivity contribution in [1.29, 1.82) is 0 Å². The van der Waals surface area contributed by atoms with E-state index in [0.717, 1.165) is 6.42 Å². The van der Waals surface area contributed by atoms with Crippen molar-refractivity contribution in [3.8, 4) is 0 Å². The summed E-state index contributed by atoms with van der Waals surface area (Å²) >= 11 is 0. The van der Waals surface area contributed by atoms with Gasteiger partial charge in [0.25, 0.3) is 0 Å². The Bertz CT molecular complexity index is 499. The first-order chi connectivity index (χ1) is 7.84. The van der Waals surface area contributed by atoms with Crippen LogP contribution in [0.2, 0.25) is 0 Å². The van der Waals surface area contributed by atoms with Gasteiger partial charge in [0.2, 0.25) is 15.6 Å². The van der Waals surface area contributed by atoms with Crippen LogP contribution in [0.1, 0.15) is 20.3 Å². The van der Waals surface area contributed by atoms with Crippen LogP contribution in [-0.4, -0.2) is 31.3 Å². The Kier molecular flexibility index (Phi) is 4.47. The van der Waals surface area contributed by atoms with Gasteiger partial charge in [0.1, 0.15) is 0 Å². The van der Waals surface area contributed by atoms with Crippen molar-refractivity contribution in [3.63, 3.8) is 0 Å². The van der Waals surface area contributed by atoms with E-state index in [1.54, 1.807) is 7.05 Å². The first-order valence-corrected chi connectivity index (χ1v) is 6.93. The lowest BCUT2D eigenvalue weighted by Crippen LogP contribution is -2.29. The molecule has 0 amide bonds. The van der Waals surface area contributed by atoms with Gasteiger partial charge in [-0.2, -0.15) is 0 Å². The van der Waals surface area contributed by atoms with E-state index < -0.39 is 10.0 Å². The highest BCUT2D eigenvalue weighted by Crippen LogP contribution is 2.13. The van der Waals surface area contributed by atoms with Gasteiger partial charge in [-0.1, -0.05) is 13.8 Å². The molecular weight excluding hydrogens is 240 g/mol. The van der Waals surface area contributed by atoms with Crippen molar-refractivity contribution < 1.29 is 8.42 Å². The van der Waals surface area contributed by atoms with E-state index in [-0.39, 0.29) is 10.5 Å². The molecule has 1 rings (SSSR count). The van der Waals surface area contributed by atoms with Crippen LogP contribution < -0.4 is 5.56 Å². The fourth-order valence-corrected chi connectivity index (χ4v) is 2.45. The summed E-state index contributed by atoms with van der Waals surface area (Å²) in [7, 11) is -1.94. The van der Waals surface area contributed by atoms with Crippen LogP contribution >= 0.6 is 0 Å². The molecule has 0 saturated heterocycles. The first kappa shape index (κ1) is 13.9. The SMILES string of the molecule is CC(C)CCN(C)S(=O)(=O)c1ccc(=O)[nH]c1. The smallest absolute Gasteiger partial charge is 0.247 e. The lowest BCUT2D eigenvalue weighted by atomic mass is 10.1. The molecule has 0 saturated carbocycles. The van der Waals surface area contributed by atoms with E-state index in [9.17, 15) is 13.2 Å². The van der Waals surface area contributed by atoms with Gasteiger partial charge in [-0.25, -0.2) is 12.7 Å². The molecule has 1 aromatic heterocycles. The van der Waals surface area contributed by atoms with E-state index in [0.29, 0.717) is 12.5 Å². The highest BCUT2D eigenvalue weighted by molar-refractivity contribution is 7.89. The van der Waals surface area contributed by atoms with E-state index >= 15 is 0 Å². The standard InChI is InChI=1S/C11H18N2O3S/c1-9(2)6-7-13(3)17(15,16)10-4-5-11(14)12-8-10/h4-5,8-9H,6-7H2,1-3H3,(H,12,14). The number of nitrogens with zero attached hydrogens (tertiary/aromatic N) is 1. The number of rotatable bonds is 5. The fourth-order valence-electron chi connectivity index (χ4n) is 1.30. The number of sulfonamides is 1. The van der Waals surface area contributed by atoms with Crippen LogP contribution in [0.3, 0.4) is 0 Å². The number of aromatic amines is 1. The largest absolute Gasteiger partial charge is 0.328 e. The van der Waals surface area contributed by atoms with Gasteiger partial charge >= 0.3 is 0 Å². The van der Waals surface area contributed by atoms with Crippen molar-refractivity contribution in [1.82, 2.24) is 9.29 Å². The molecule has 0 radical (unpaired) electrons. The average molecular weight is 258 g/mol. The fraction of sp³-hybridized carbons (Fsp3) is 0.545. The molecule has 0 bridgehead atoms. The number of hydrogen-bond donors (Lipinski definition) is 1. The van der Waals surface area contributed by atoms with Crippen molar-refractivity contribution in [3.05, 3.63) is 28.7 Å². The molecule has 0 unspecified atom stereocenters. The van der Waals surface area contributed by atoms with Gasteiger partial charge in [-0.3, -0.25) is 4.79 Å². The molecule has 1 aromatic rings. The lowest BCUT2D eigenvalue weighted by molar-refractivity contribution is 0.428. The minimum atomic E-state index is -3.49. The average Bonchev–Trinajstić information content (AvgIpc) is 2.26. The second kappa shape index (κ2) is 5.46. The van der Waals surface area contributed by atoms with Gasteiger partial charge < -0.3 is 4.98 Å². The highest BCUT2D eigenvalue weighted by atomic mass is 32.2. The molecule has 1 N–H and O–H groups in total. The Hall–Kier alpha value is -1.14. The maximum absolute atomic E-state index is 12.1. The molecule has 0 aliphatic heterocycles. The van der Waals surface area contributed by atoms with E-state index in [1.807, 2.05) is 13.8 Å². The maximum Gasteiger partial charge on any atom is 0.247 e. The third kappa shape index (κ3) is 3.67. The van der Waals surface area contributed by atoms with E-state index in [2.05, 4.69) is 4.98 Å². The Balaban J connectivity index is 2.87. The van der Waals surface area contributed by atoms with Gasteiger partial charge in [-0.05, 0) is 18.4 Å². The Morgan fingerprint density at radius 3 is 2.47 bits per heavy atom. The molecule has 0 aliphatic rings. The maximum atomic E-state index is 12.1. The van der Waals surface area contributed by atoms with Crippen LogP contribution in [0.15, 0.2) is 28.0 Å². The second-order valence-corrected chi connectivity index (χ2v) is 6.44. The zero-order valence-electron chi connectivity index (χ0n) is 10.3. The lowest BCUT2D eigenvalue weighted by Gasteiger charge is -2.17. The van der Waals surface area contributed by atoms with Gasteiger partial charge in [0.15, 0.2) is 0 Å². The monoisotopic (exact) mass is 258 g/mol. The predicted octanol–water partition coefficient (Wildman–Crippen LogP) is 1.04. The van der Waals surface area contributed by atoms with Crippen LogP contribution in [0.4, 0.5) is 0 Å². The molecule has 1 heterocycles. The Morgan fingerprint density at radius 2 is 2.00 bits per heavy atom. The third-order valence-electron chi connectivity index (χ3n) is 2.49. The third-order valence-corrected chi connectivity index (χ3v) is 4.34. The zero-order valence-corrected chi connectivity index (χ0v) is 11.1. The molecule has 17 heavy (non-hydrogen) atoms. The summed E-state index contributed by atoms with van der Waals surface area (Å²) in [4.78, 5) is 13.3. The molecule has 0 aromatic carbocycles. The summed E-state index contributed by atoms with van der Waals surface area (Å²) in [6, 6.07) is 2.53. The molecule has 0 atom stereocenters. The van der Waals surface area contributed by atoms with Crippen molar-refractivity contribution in [2.24, 2.45) is 5.92 Å². The van der Waals surface area contributed by atoms with Crippen molar-refractivity contribution in [2.75, 3.05) is 13.6 Å². The zero-order chi connectivity index (χ0) is 13.1. The van der Waals surface area contributed by atoms with Crippen LogP contribution in [-0.2, 0) is 10.0 Å². The minimum absolute atomic E-state index is 0.114. The highest BCUT2D eigenvalue weighted by Gasteiger charge is 2.20. The summed E-state index contributed by atoms with van der Waals surface area (Å²) in [5.41, 5.74) is -0.311. The van der Waals surface area contributed by atoms with Gasteiger partial charge in [-0.15, -0.1) is 0 Å². The molecule has 5 nitrogen and oxygen atoms in total. The summed E-state index contributed by atoms with van der Waals surface area (Å²) in [6.07, 6.45) is 2.03. The minimum Gasteiger partial charge on any atom is -0.328 e. The van der Waals surface area contributed by atoms with Crippen LogP contribution in [0.25, 0.3) is 0 Å². The molecule has 0 spiro atoms. The summed E-state index contributed by atoms with van der Waals surface area (Å²) in [5, 5.41) is 0. The predicted molar refractivity (Wildman–Crippen MR) is 66.3 cm³/mol. The van der Waals surface area contributed by atoms with Crippen molar-refractivity contribution in [2.45, 2.75) is 25.2 Å². The molecule has 0 aliphatic carbocycles. The summed E-state index contributed by atoms with van der Waals surface area (Å²) < 4.78 is 25.4. The van der Waals surface area contributed by atoms with Crippen LogP contribution in [0, 0.1) is 5.92 Å². The Morgan fingerprint density at radius 1 is 1.35 bits per heavy atom. The molecule has 96 valence electrons. The van der Waals surface area contributed by atoms with E-state index in [1.165, 1.54) is 22.6 Å². The second-order valence-electron chi connectivity index (χ2n) is 4.40. The quantitative estimate of drug-likeness (QED) is 0.858. The normalized spacial score (nSPS) is 12.3. The van der Waals surface area contributed by atoms with Crippen molar-refractivity contribution >= 4 is 10.0 Å². The molecular formula is C11H18N2O3S. The number of pyridine rings is 1. The van der Waals surface area contributed by atoms with Gasteiger partial charge in [0.05, 0.1) is 4.90 Å². The number of nitrogens with one attached hydrogen (secondary N) is 1. The molecule has 6 heteroatoms. The number of H-pyrrole nitrogens is 1. The number of hydrogen-bond acceptors (Lipinski definition) is 3. The summed E-state index contributed by atoms with van der Waals surface area (Å²) in [6.45, 7) is 4.56.